The summed E-state index contributed by atoms with van der Waals surface area (Å²) in [6, 6.07) is 0. The molecular formula is H8N2O12S3. The van der Waals surface area contributed by atoms with E-state index in [1.54, 1.807) is 0 Å². The van der Waals surface area contributed by atoms with Gasteiger partial charge in [-0.25, -0.2) is 0 Å². The topological polar surface area (TPSA) is 254 Å². The molecule has 108 valence electrons. The third-order valence-corrected chi connectivity index (χ3v) is 0.730. The molecule has 8 N–H and O–H groups in total. The summed E-state index contributed by atoms with van der Waals surface area (Å²) in [5, 5.41) is 0. The molecule has 0 unspecified atom stereocenters. The third-order valence-electron chi connectivity index (χ3n) is 0.243. The van der Waals surface area contributed by atoms with Crippen LogP contribution in [0, 0.1) is 0 Å². The quantitative estimate of drug-likeness (QED) is 0.215. The lowest BCUT2D eigenvalue weighted by Crippen LogP contribution is -2.08. The molecule has 0 aliphatic carbocycles. The van der Waals surface area contributed by atoms with Gasteiger partial charge in [0, 0.05) is 0 Å². The Bertz CT molecular complexity index is 424. The summed E-state index contributed by atoms with van der Waals surface area (Å²) in [5.74, 6) is 7.94. The van der Waals surface area contributed by atoms with Gasteiger partial charge in [-0.15, -0.1) is 0 Å². The smallest absolute Gasteiger partial charge is 0.264 e. The third kappa shape index (κ3) is 93.0. The van der Waals surface area contributed by atoms with Crippen LogP contribution in [0.3, 0.4) is 0 Å². The van der Waals surface area contributed by atoms with Crippen LogP contribution in [-0.2, 0) is 39.8 Å². The Hall–Kier alpha value is -0.470. The Kier molecular flexibility index (Phi) is 11.0. The molecule has 0 amide bonds. The highest BCUT2D eigenvalue weighted by Gasteiger charge is 1.95. The van der Waals surface area contributed by atoms with Crippen molar-refractivity contribution < 1.29 is 52.0 Å². The maximum Gasteiger partial charge on any atom is 0.413 e. The minimum absolute atomic E-state index is 2.97. The van der Waals surface area contributed by atoms with Gasteiger partial charge in [0.2, 0.25) is 0 Å². The molecule has 0 aromatic carbocycles. The summed E-state index contributed by atoms with van der Waals surface area (Å²) in [6.07, 6.45) is 0. The van der Waals surface area contributed by atoms with Crippen molar-refractivity contribution in [2.24, 2.45) is 11.8 Å². The molecule has 0 rings (SSSR count). The first-order chi connectivity index (χ1) is 7.12. The summed E-state index contributed by atoms with van der Waals surface area (Å²) in [5.41, 5.74) is 0. The molecule has 0 heterocycles. The summed E-state index contributed by atoms with van der Waals surface area (Å²) >= 11 is 0. The zero-order valence-corrected chi connectivity index (χ0v) is 9.88. The molecule has 0 aromatic heterocycles. The Balaban J connectivity index is -0.000000174. The van der Waals surface area contributed by atoms with Crippen LogP contribution < -0.4 is 11.8 Å². The minimum atomic E-state index is -4.67. The highest BCUT2D eigenvalue weighted by atomic mass is 32.3. The molecule has 0 aliphatic rings. The molecular weight excluding hydrogens is 316 g/mol. The highest BCUT2D eigenvalue weighted by Crippen LogP contribution is 1.71. The summed E-state index contributed by atoms with van der Waals surface area (Å²) in [7, 11) is -13.4. The Morgan fingerprint density at radius 3 is 0.706 bits per heavy atom. The van der Waals surface area contributed by atoms with E-state index in [1.807, 2.05) is 0 Å². The van der Waals surface area contributed by atoms with E-state index < -0.39 is 31.2 Å². The van der Waals surface area contributed by atoms with Crippen LogP contribution in [0.1, 0.15) is 0 Å². The van der Waals surface area contributed by atoms with Crippen molar-refractivity contribution in [1.29, 1.82) is 0 Å². The van der Waals surface area contributed by atoms with Crippen molar-refractivity contribution in [3.8, 4) is 0 Å². The molecule has 17 heteroatoms. The second-order valence-electron chi connectivity index (χ2n) is 1.50. The molecule has 0 fully saturated rings. The number of hydrogen-bond acceptors (Lipinski definition) is 10. The molecule has 0 bridgehead atoms. The predicted octanol–water partition coefficient (Wildman–Crippen LogP) is -3.29. The molecule has 0 saturated carbocycles. The van der Waals surface area contributed by atoms with Gasteiger partial charge in [-0.05, 0) is 0 Å². The molecule has 14 nitrogen and oxygen atoms in total. The van der Waals surface area contributed by atoms with Crippen molar-refractivity contribution >= 4 is 31.2 Å². The van der Waals surface area contributed by atoms with E-state index in [2.05, 4.69) is 20.4 Å². The maximum atomic E-state index is 9.21. The highest BCUT2D eigenvalue weighted by molar-refractivity contribution is 7.81. The Morgan fingerprint density at radius 1 is 0.647 bits per heavy atom. The predicted molar refractivity (Wildman–Crippen MR) is 47.8 cm³/mol. The summed E-state index contributed by atoms with van der Waals surface area (Å²) in [4.78, 5) is 0. The van der Waals surface area contributed by atoms with Crippen molar-refractivity contribution in [3.05, 3.63) is 0 Å². The fraction of sp³-hybridized carbons (Fsp3) is 0. The monoisotopic (exact) mass is 324 g/mol. The molecule has 17 heavy (non-hydrogen) atoms. The van der Waals surface area contributed by atoms with Gasteiger partial charge in [-0.2, -0.15) is 45.6 Å². The van der Waals surface area contributed by atoms with E-state index in [-0.39, 0.29) is 0 Å². The zero-order valence-electron chi connectivity index (χ0n) is 7.43. The van der Waals surface area contributed by atoms with E-state index in [0.29, 0.717) is 0 Å². The SMILES string of the molecule is NOS(=O)(=O)O.NOS(=O)(=O)O.O=S(=O)(O)O. The van der Waals surface area contributed by atoms with Gasteiger partial charge in [-0.1, -0.05) is 0 Å². The molecule has 0 aliphatic heterocycles. The normalized spacial score (nSPS) is 11.6. The largest absolute Gasteiger partial charge is 0.413 e. The van der Waals surface area contributed by atoms with Crippen LogP contribution in [-0.4, -0.2) is 43.5 Å². The van der Waals surface area contributed by atoms with E-state index in [1.165, 1.54) is 0 Å². The average molecular weight is 324 g/mol. The van der Waals surface area contributed by atoms with Gasteiger partial charge in [0.25, 0.3) is 0 Å². The second-order valence-corrected chi connectivity index (χ2v) is 4.49. The molecule has 0 radical (unpaired) electrons. The van der Waals surface area contributed by atoms with Crippen molar-refractivity contribution in [2.75, 3.05) is 0 Å². The number of nitrogens with two attached hydrogens (primary N) is 2. The maximum absolute atomic E-state index is 9.21. The standard InChI is InChI=1S/2H3NO4S.H2O4S/c2*1-5-6(2,3)4;1-5(2,3)4/h2*1H2,(H,2,3,4);(H2,1,2,3,4). The Morgan fingerprint density at radius 2 is 0.706 bits per heavy atom. The van der Waals surface area contributed by atoms with Gasteiger partial charge in [-0.3, -0.25) is 18.2 Å². The first kappa shape index (κ1) is 21.8. The van der Waals surface area contributed by atoms with Gasteiger partial charge in [0.15, 0.2) is 0 Å². The van der Waals surface area contributed by atoms with E-state index >= 15 is 0 Å². The van der Waals surface area contributed by atoms with E-state index in [9.17, 15) is 16.8 Å². The van der Waals surface area contributed by atoms with Gasteiger partial charge in [0.1, 0.15) is 0 Å². The summed E-state index contributed by atoms with van der Waals surface area (Å²) in [6.45, 7) is 0. The lowest BCUT2D eigenvalue weighted by Gasteiger charge is -1.81. The summed E-state index contributed by atoms with van der Waals surface area (Å²) < 4.78 is 89.3. The first-order valence-electron chi connectivity index (χ1n) is 2.54. The van der Waals surface area contributed by atoms with Crippen LogP contribution in [0.5, 0.6) is 0 Å². The van der Waals surface area contributed by atoms with E-state index in [0.717, 1.165) is 0 Å². The van der Waals surface area contributed by atoms with Crippen molar-refractivity contribution in [2.45, 2.75) is 0 Å². The van der Waals surface area contributed by atoms with Crippen molar-refractivity contribution in [1.82, 2.24) is 0 Å². The zero-order chi connectivity index (χ0) is 14.9. The van der Waals surface area contributed by atoms with Crippen LogP contribution in [0.25, 0.3) is 0 Å². The van der Waals surface area contributed by atoms with Crippen LogP contribution >= 0.6 is 0 Å². The van der Waals surface area contributed by atoms with Crippen molar-refractivity contribution in [3.63, 3.8) is 0 Å². The molecule has 0 atom stereocenters. The van der Waals surface area contributed by atoms with Crippen LogP contribution in [0.15, 0.2) is 0 Å². The lowest BCUT2D eigenvalue weighted by molar-refractivity contribution is 0.276. The Labute approximate surface area is 95.5 Å². The van der Waals surface area contributed by atoms with E-state index in [4.69, 9.17) is 26.6 Å². The fourth-order valence-corrected chi connectivity index (χ4v) is 0. The first-order valence-corrected chi connectivity index (χ1v) is 6.66. The molecule has 0 spiro atoms. The lowest BCUT2D eigenvalue weighted by atomic mass is 13.6. The van der Waals surface area contributed by atoms with Crippen LogP contribution in [0.2, 0.25) is 0 Å². The average Bonchev–Trinajstić information content (AvgIpc) is 2.00. The fourth-order valence-electron chi connectivity index (χ4n) is 0. The number of rotatable bonds is 2. The van der Waals surface area contributed by atoms with Crippen LogP contribution in [0.4, 0.5) is 0 Å². The molecule has 0 saturated heterocycles. The molecule has 0 aromatic rings. The van der Waals surface area contributed by atoms with Gasteiger partial charge < -0.3 is 0 Å². The number of hydrogen-bond donors (Lipinski definition) is 6. The van der Waals surface area contributed by atoms with Gasteiger partial charge >= 0.3 is 31.2 Å². The minimum Gasteiger partial charge on any atom is -0.264 e. The van der Waals surface area contributed by atoms with Gasteiger partial charge in [0.05, 0.1) is 0 Å². The second kappa shape index (κ2) is 8.60.